The molecule has 0 spiro atoms. The largest absolute Gasteiger partial charge is 0.207 e. The van der Waals surface area contributed by atoms with Crippen molar-refractivity contribution >= 4 is 0 Å². The molecule has 1 aromatic carbocycles. The lowest BCUT2D eigenvalue weighted by Crippen LogP contribution is -1.85. The van der Waals surface area contributed by atoms with Gasteiger partial charge in [0.25, 0.3) is 0 Å². The van der Waals surface area contributed by atoms with E-state index in [9.17, 15) is 4.39 Å². The zero-order chi connectivity index (χ0) is 11.6. The molecule has 1 heteroatoms. The molecular formula is C13H23F. The van der Waals surface area contributed by atoms with Gasteiger partial charge >= 0.3 is 0 Å². The highest BCUT2D eigenvalue weighted by Gasteiger charge is 1.96. The molecule has 0 N–H and O–H groups in total. The van der Waals surface area contributed by atoms with Crippen molar-refractivity contribution < 1.29 is 4.39 Å². The summed E-state index contributed by atoms with van der Waals surface area (Å²) in [5.74, 6) is 0.324. The van der Waals surface area contributed by atoms with Crippen molar-refractivity contribution in [3.05, 3.63) is 35.6 Å². The van der Waals surface area contributed by atoms with Crippen molar-refractivity contribution in [2.45, 2.75) is 47.5 Å². The Kier molecular flexibility index (Phi) is 11.4. The molecule has 0 nitrogen and oxygen atoms in total. The second-order valence-electron chi connectivity index (χ2n) is 2.71. The predicted octanol–water partition coefficient (Wildman–Crippen LogP) is 5.00. The topological polar surface area (TPSA) is 0 Å². The van der Waals surface area contributed by atoms with Crippen molar-refractivity contribution in [3.63, 3.8) is 0 Å². The standard InChI is InChI=1S/C9H11F.2C2H6/c1-7(2)8-3-5-9(10)6-4-8;2*1-2/h3-7H,1-2H3;2*1-2H3. The number of benzene rings is 1. The molecule has 0 aliphatic carbocycles. The van der Waals surface area contributed by atoms with E-state index in [1.165, 1.54) is 17.7 Å². The Hall–Kier alpha value is -0.850. The van der Waals surface area contributed by atoms with Crippen molar-refractivity contribution in [2.75, 3.05) is 0 Å². The van der Waals surface area contributed by atoms with Gasteiger partial charge < -0.3 is 0 Å². The summed E-state index contributed by atoms with van der Waals surface area (Å²) in [4.78, 5) is 0. The molecule has 82 valence electrons. The minimum absolute atomic E-state index is 0.163. The molecule has 0 aromatic heterocycles. The van der Waals surface area contributed by atoms with E-state index in [1.54, 1.807) is 0 Å². The quantitative estimate of drug-likeness (QED) is 0.595. The minimum atomic E-state index is -0.163. The molecular weight excluding hydrogens is 175 g/mol. The first-order valence-electron chi connectivity index (χ1n) is 5.45. The first-order chi connectivity index (χ1) is 6.70. The van der Waals surface area contributed by atoms with Gasteiger partial charge in [0.15, 0.2) is 0 Å². The number of hydrogen-bond donors (Lipinski definition) is 0. The SMILES string of the molecule is CC.CC.CC(C)c1ccc(F)cc1. The molecule has 0 saturated carbocycles. The van der Waals surface area contributed by atoms with Crippen LogP contribution in [0, 0.1) is 5.82 Å². The smallest absolute Gasteiger partial charge is 0.123 e. The third kappa shape index (κ3) is 6.64. The van der Waals surface area contributed by atoms with Gasteiger partial charge in [0.2, 0.25) is 0 Å². The highest BCUT2D eigenvalue weighted by Crippen LogP contribution is 2.13. The Labute approximate surface area is 88.2 Å². The summed E-state index contributed by atoms with van der Waals surface area (Å²) in [6.07, 6.45) is 0. The summed E-state index contributed by atoms with van der Waals surface area (Å²) in [5.41, 5.74) is 1.18. The third-order valence-electron chi connectivity index (χ3n) is 1.54. The average molecular weight is 198 g/mol. The zero-order valence-corrected chi connectivity index (χ0v) is 10.3. The maximum atomic E-state index is 12.4. The van der Waals surface area contributed by atoms with E-state index in [1.807, 2.05) is 39.8 Å². The van der Waals surface area contributed by atoms with E-state index < -0.39 is 0 Å². The molecule has 1 aromatic rings. The average Bonchev–Trinajstić information content (AvgIpc) is 2.24. The van der Waals surface area contributed by atoms with E-state index in [2.05, 4.69) is 13.8 Å². The van der Waals surface area contributed by atoms with Crippen LogP contribution in [0.5, 0.6) is 0 Å². The highest BCUT2D eigenvalue weighted by molar-refractivity contribution is 5.18. The van der Waals surface area contributed by atoms with E-state index in [4.69, 9.17) is 0 Å². The van der Waals surface area contributed by atoms with E-state index >= 15 is 0 Å². The van der Waals surface area contributed by atoms with Crippen LogP contribution in [0.4, 0.5) is 4.39 Å². The van der Waals surface area contributed by atoms with Crippen LogP contribution < -0.4 is 0 Å². The van der Waals surface area contributed by atoms with Crippen LogP contribution in [0.1, 0.15) is 53.0 Å². The first kappa shape index (κ1) is 15.6. The molecule has 0 fully saturated rings. The molecule has 0 amide bonds. The zero-order valence-electron chi connectivity index (χ0n) is 10.3. The van der Waals surface area contributed by atoms with Crippen LogP contribution in [0.2, 0.25) is 0 Å². The summed E-state index contributed by atoms with van der Waals surface area (Å²) in [7, 11) is 0. The molecule has 0 saturated heterocycles. The van der Waals surface area contributed by atoms with Gasteiger partial charge in [-0.1, -0.05) is 53.7 Å². The molecule has 1 rings (SSSR count). The second-order valence-corrected chi connectivity index (χ2v) is 2.71. The van der Waals surface area contributed by atoms with E-state index in [-0.39, 0.29) is 5.82 Å². The Balaban J connectivity index is 0. The first-order valence-corrected chi connectivity index (χ1v) is 5.45. The second kappa shape index (κ2) is 10.2. The van der Waals surface area contributed by atoms with Crippen molar-refractivity contribution in [1.82, 2.24) is 0 Å². The van der Waals surface area contributed by atoms with Crippen LogP contribution >= 0.6 is 0 Å². The van der Waals surface area contributed by atoms with Gasteiger partial charge in [-0.15, -0.1) is 0 Å². The van der Waals surface area contributed by atoms with Gasteiger partial charge in [-0.2, -0.15) is 0 Å². The monoisotopic (exact) mass is 198 g/mol. The molecule has 14 heavy (non-hydrogen) atoms. The summed E-state index contributed by atoms with van der Waals surface area (Å²) in [5, 5.41) is 0. The third-order valence-corrected chi connectivity index (χ3v) is 1.54. The van der Waals surface area contributed by atoms with Crippen molar-refractivity contribution in [2.24, 2.45) is 0 Å². The van der Waals surface area contributed by atoms with Gasteiger partial charge in [0, 0.05) is 0 Å². The normalized spacial score (nSPS) is 8.29. The lowest BCUT2D eigenvalue weighted by molar-refractivity contribution is 0.626. The fraction of sp³-hybridized carbons (Fsp3) is 0.538. The predicted molar refractivity (Wildman–Crippen MR) is 63.2 cm³/mol. The summed E-state index contributed by atoms with van der Waals surface area (Å²) < 4.78 is 12.4. The fourth-order valence-corrected chi connectivity index (χ4v) is 0.848. The van der Waals surface area contributed by atoms with Crippen LogP contribution in [0.3, 0.4) is 0 Å². The van der Waals surface area contributed by atoms with Crippen molar-refractivity contribution in [3.8, 4) is 0 Å². The minimum Gasteiger partial charge on any atom is -0.207 e. The lowest BCUT2D eigenvalue weighted by atomic mass is 10.0. The Morgan fingerprint density at radius 1 is 0.857 bits per heavy atom. The van der Waals surface area contributed by atoms with Crippen LogP contribution in [0.15, 0.2) is 24.3 Å². The van der Waals surface area contributed by atoms with Gasteiger partial charge in [-0.25, -0.2) is 4.39 Å². The van der Waals surface area contributed by atoms with Gasteiger partial charge in [-0.3, -0.25) is 0 Å². The van der Waals surface area contributed by atoms with Crippen molar-refractivity contribution in [1.29, 1.82) is 0 Å². The summed E-state index contributed by atoms with van der Waals surface area (Å²) >= 11 is 0. The summed E-state index contributed by atoms with van der Waals surface area (Å²) in [6, 6.07) is 6.63. The van der Waals surface area contributed by atoms with Crippen LogP contribution in [0.25, 0.3) is 0 Å². The Morgan fingerprint density at radius 2 is 1.21 bits per heavy atom. The fourth-order valence-electron chi connectivity index (χ4n) is 0.848. The van der Waals surface area contributed by atoms with Gasteiger partial charge in [0.05, 0.1) is 0 Å². The molecule has 0 radical (unpaired) electrons. The molecule has 0 heterocycles. The maximum absolute atomic E-state index is 12.4. The number of halogens is 1. The van der Waals surface area contributed by atoms with Gasteiger partial charge in [-0.05, 0) is 23.6 Å². The molecule has 0 atom stereocenters. The number of rotatable bonds is 1. The highest BCUT2D eigenvalue weighted by atomic mass is 19.1. The van der Waals surface area contributed by atoms with E-state index in [0.717, 1.165) is 0 Å². The lowest BCUT2D eigenvalue weighted by Gasteiger charge is -2.02. The molecule has 0 aliphatic heterocycles. The van der Waals surface area contributed by atoms with Gasteiger partial charge in [0.1, 0.15) is 5.82 Å². The van der Waals surface area contributed by atoms with E-state index in [0.29, 0.717) is 5.92 Å². The Bertz CT molecular complexity index is 199. The summed E-state index contributed by atoms with van der Waals surface area (Å²) in [6.45, 7) is 12.2. The molecule has 0 aliphatic rings. The Morgan fingerprint density at radius 3 is 1.50 bits per heavy atom. The molecule has 0 unspecified atom stereocenters. The molecule has 0 bridgehead atoms. The number of hydrogen-bond acceptors (Lipinski definition) is 0. The maximum Gasteiger partial charge on any atom is 0.123 e. The van der Waals surface area contributed by atoms with Crippen LogP contribution in [-0.4, -0.2) is 0 Å². The van der Waals surface area contributed by atoms with Crippen LogP contribution in [-0.2, 0) is 0 Å².